The summed E-state index contributed by atoms with van der Waals surface area (Å²) in [7, 11) is 0. The van der Waals surface area contributed by atoms with Crippen molar-refractivity contribution in [3.05, 3.63) is 23.5 Å². The molecule has 8 heteroatoms. The fourth-order valence-electron chi connectivity index (χ4n) is 1.58. The van der Waals surface area contributed by atoms with Gasteiger partial charge in [0, 0.05) is 13.2 Å². The SMILES string of the molecule is OC(CNc1c(F)c(F)nc(F)c1F)COCC1CC1. The smallest absolute Gasteiger partial charge is 0.253 e. The Labute approximate surface area is 112 Å². The maximum atomic E-state index is 13.2. The van der Waals surface area contributed by atoms with E-state index in [4.69, 9.17) is 4.74 Å². The van der Waals surface area contributed by atoms with Crippen molar-refractivity contribution >= 4 is 5.69 Å². The van der Waals surface area contributed by atoms with Crippen molar-refractivity contribution in [1.29, 1.82) is 0 Å². The lowest BCUT2D eigenvalue weighted by atomic mass is 10.3. The largest absolute Gasteiger partial charge is 0.389 e. The van der Waals surface area contributed by atoms with Crippen LogP contribution in [0.1, 0.15) is 12.8 Å². The van der Waals surface area contributed by atoms with Crippen molar-refractivity contribution < 1.29 is 27.4 Å². The first-order valence-electron chi connectivity index (χ1n) is 6.18. The second kappa shape index (κ2) is 6.36. The maximum absolute atomic E-state index is 13.2. The van der Waals surface area contributed by atoms with Crippen LogP contribution in [0.5, 0.6) is 0 Å². The quantitative estimate of drug-likeness (QED) is 0.595. The molecule has 0 aliphatic heterocycles. The van der Waals surface area contributed by atoms with E-state index in [2.05, 4.69) is 10.3 Å². The minimum absolute atomic E-state index is 0.0250. The Balaban J connectivity index is 1.86. The zero-order valence-electron chi connectivity index (χ0n) is 10.5. The molecule has 4 nitrogen and oxygen atoms in total. The molecular formula is C12H14F4N2O2. The Bertz CT molecular complexity index is 457. The predicted molar refractivity (Wildman–Crippen MR) is 62.1 cm³/mol. The number of anilines is 1. The number of halogens is 4. The molecule has 1 aliphatic rings. The van der Waals surface area contributed by atoms with Crippen molar-refractivity contribution in [2.24, 2.45) is 5.92 Å². The second-order valence-electron chi connectivity index (χ2n) is 4.71. The first-order chi connectivity index (χ1) is 9.49. The van der Waals surface area contributed by atoms with Gasteiger partial charge in [0.15, 0.2) is 0 Å². The van der Waals surface area contributed by atoms with Crippen LogP contribution < -0.4 is 5.32 Å². The van der Waals surface area contributed by atoms with Crippen LogP contribution in [0.4, 0.5) is 23.2 Å². The van der Waals surface area contributed by atoms with Gasteiger partial charge >= 0.3 is 0 Å². The number of ether oxygens (including phenoxy) is 1. The number of pyridine rings is 1. The molecule has 0 spiro atoms. The first kappa shape index (κ1) is 15.0. The maximum Gasteiger partial charge on any atom is 0.253 e. The van der Waals surface area contributed by atoms with Gasteiger partial charge in [-0.3, -0.25) is 0 Å². The minimum atomic E-state index is -1.74. The van der Waals surface area contributed by atoms with Crippen molar-refractivity contribution in [1.82, 2.24) is 4.98 Å². The molecule has 1 heterocycles. The van der Waals surface area contributed by atoms with Gasteiger partial charge in [0.2, 0.25) is 11.6 Å². The van der Waals surface area contributed by atoms with Crippen LogP contribution in [-0.4, -0.2) is 36.0 Å². The van der Waals surface area contributed by atoms with Crippen LogP contribution in [-0.2, 0) is 4.74 Å². The minimum Gasteiger partial charge on any atom is -0.389 e. The third kappa shape index (κ3) is 3.80. The molecule has 1 aliphatic carbocycles. The summed E-state index contributed by atoms with van der Waals surface area (Å²) in [5.74, 6) is -6.23. The summed E-state index contributed by atoms with van der Waals surface area (Å²) in [4.78, 5) is 2.43. The van der Waals surface area contributed by atoms with Crippen LogP contribution in [0, 0.1) is 29.4 Å². The third-order valence-electron chi connectivity index (χ3n) is 2.87. The van der Waals surface area contributed by atoms with Crippen molar-refractivity contribution in [3.8, 4) is 0 Å². The molecule has 0 radical (unpaired) electrons. The Hall–Kier alpha value is -1.41. The van der Waals surface area contributed by atoms with E-state index in [1.54, 1.807) is 0 Å². The highest BCUT2D eigenvalue weighted by atomic mass is 19.2. The highest BCUT2D eigenvalue weighted by Gasteiger charge is 2.23. The Kier molecular flexibility index (Phi) is 4.77. The monoisotopic (exact) mass is 294 g/mol. The van der Waals surface area contributed by atoms with Gasteiger partial charge in [0.1, 0.15) is 5.69 Å². The number of nitrogens with one attached hydrogen (secondary N) is 1. The van der Waals surface area contributed by atoms with Gasteiger partial charge in [-0.2, -0.15) is 22.5 Å². The van der Waals surface area contributed by atoms with Crippen LogP contribution in [0.15, 0.2) is 0 Å². The van der Waals surface area contributed by atoms with Gasteiger partial charge in [0.05, 0.1) is 12.7 Å². The van der Waals surface area contributed by atoms with Crippen LogP contribution in [0.2, 0.25) is 0 Å². The van der Waals surface area contributed by atoms with Gasteiger partial charge in [-0.05, 0) is 18.8 Å². The molecule has 1 aromatic heterocycles. The van der Waals surface area contributed by atoms with Crippen molar-refractivity contribution in [2.45, 2.75) is 18.9 Å². The normalized spacial score (nSPS) is 16.2. The molecule has 0 amide bonds. The number of aliphatic hydroxyl groups excluding tert-OH is 1. The summed E-state index contributed by atoms with van der Waals surface area (Å²) in [6.45, 7) is 0.197. The summed E-state index contributed by atoms with van der Waals surface area (Å²) >= 11 is 0. The molecule has 20 heavy (non-hydrogen) atoms. The standard InChI is InChI=1S/C12H14F4N2O2/c13-8-10(9(14)12(16)18-11(8)15)17-3-7(19)5-20-4-6-1-2-6/h6-7,19H,1-5H2,(H,17,18). The average molecular weight is 294 g/mol. The lowest BCUT2D eigenvalue weighted by Gasteiger charge is -2.14. The van der Waals surface area contributed by atoms with Crippen LogP contribution in [0.25, 0.3) is 0 Å². The number of nitrogens with zero attached hydrogens (tertiary/aromatic N) is 1. The molecule has 112 valence electrons. The van der Waals surface area contributed by atoms with Crippen molar-refractivity contribution in [3.63, 3.8) is 0 Å². The summed E-state index contributed by atoms with van der Waals surface area (Å²) in [6, 6.07) is 0. The van der Waals surface area contributed by atoms with Gasteiger partial charge in [-0.25, -0.2) is 0 Å². The molecular weight excluding hydrogens is 280 g/mol. The van der Waals surface area contributed by atoms with Gasteiger partial charge < -0.3 is 15.2 Å². The zero-order valence-corrected chi connectivity index (χ0v) is 10.5. The molecule has 1 aromatic rings. The first-order valence-corrected chi connectivity index (χ1v) is 6.18. The van der Waals surface area contributed by atoms with E-state index in [-0.39, 0.29) is 13.2 Å². The average Bonchev–Trinajstić information content (AvgIpc) is 3.20. The Morgan fingerprint density at radius 2 is 1.80 bits per heavy atom. The lowest BCUT2D eigenvalue weighted by molar-refractivity contribution is 0.0385. The van der Waals surface area contributed by atoms with E-state index in [1.165, 1.54) is 0 Å². The van der Waals surface area contributed by atoms with Gasteiger partial charge in [-0.1, -0.05) is 0 Å². The van der Waals surface area contributed by atoms with E-state index in [0.29, 0.717) is 12.5 Å². The fraction of sp³-hybridized carbons (Fsp3) is 0.583. The molecule has 1 saturated carbocycles. The molecule has 0 aromatic carbocycles. The number of aliphatic hydroxyl groups is 1. The summed E-state index contributed by atoms with van der Waals surface area (Å²) in [5.41, 5.74) is -0.990. The summed E-state index contributed by atoms with van der Waals surface area (Å²) < 4.78 is 57.3. The van der Waals surface area contributed by atoms with Crippen LogP contribution in [0.3, 0.4) is 0 Å². The Morgan fingerprint density at radius 3 is 2.35 bits per heavy atom. The molecule has 1 fully saturated rings. The van der Waals surface area contributed by atoms with E-state index in [0.717, 1.165) is 12.8 Å². The number of hydrogen-bond acceptors (Lipinski definition) is 4. The van der Waals surface area contributed by atoms with Crippen molar-refractivity contribution in [2.75, 3.05) is 25.1 Å². The van der Waals surface area contributed by atoms with E-state index < -0.39 is 35.3 Å². The Morgan fingerprint density at radius 1 is 1.20 bits per heavy atom. The van der Waals surface area contributed by atoms with Gasteiger partial charge in [-0.15, -0.1) is 0 Å². The van der Waals surface area contributed by atoms with Gasteiger partial charge in [0.25, 0.3) is 11.9 Å². The molecule has 0 saturated heterocycles. The van der Waals surface area contributed by atoms with Crippen LogP contribution >= 0.6 is 0 Å². The number of rotatable bonds is 7. The third-order valence-corrected chi connectivity index (χ3v) is 2.87. The highest BCUT2D eigenvalue weighted by molar-refractivity contribution is 5.45. The molecule has 1 atom stereocenters. The molecule has 2 N–H and O–H groups in total. The van der Waals surface area contributed by atoms with E-state index in [1.807, 2.05) is 0 Å². The molecule has 1 unspecified atom stereocenters. The second-order valence-corrected chi connectivity index (χ2v) is 4.71. The fourth-order valence-corrected chi connectivity index (χ4v) is 1.58. The molecule has 2 rings (SSSR count). The van der Waals surface area contributed by atoms with E-state index in [9.17, 15) is 22.7 Å². The highest BCUT2D eigenvalue weighted by Crippen LogP contribution is 2.28. The topological polar surface area (TPSA) is 54.4 Å². The molecule has 0 bridgehead atoms. The number of aromatic nitrogens is 1. The summed E-state index contributed by atoms with van der Waals surface area (Å²) in [6.07, 6.45) is 1.15. The van der Waals surface area contributed by atoms with E-state index >= 15 is 0 Å². The predicted octanol–water partition coefficient (Wildman–Crippen LogP) is 1.84. The summed E-state index contributed by atoms with van der Waals surface area (Å²) in [5, 5.41) is 11.6. The zero-order chi connectivity index (χ0) is 14.7. The number of hydrogen-bond donors (Lipinski definition) is 2. The lowest BCUT2D eigenvalue weighted by Crippen LogP contribution is -2.26.